The van der Waals surface area contributed by atoms with Crippen LogP contribution in [0.5, 0.6) is 0 Å². The van der Waals surface area contributed by atoms with Crippen molar-refractivity contribution < 1.29 is 9.21 Å². The number of hydrogen-bond acceptors (Lipinski definition) is 4. The highest BCUT2D eigenvalue weighted by molar-refractivity contribution is 5.97. The lowest BCUT2D eigenvalue weighted by molar-refractivity contribution is -0.117. The van der Waals surface area contributed by atoms with Gasteiger partial charge in [-0.1, -0.05) is 0 Å². The molecule has 0 aliphatic heterocycles. The Bertz CT molecular complexity index is 607. The molecule has 0 aromatic carbocycles. The van der Waals surface area contributed by atoms with Gasteiger partial charge < -0.3 is 14.6 Å². The van der Waals surface area contributed by atoms with Gasteiger partial charge >= 0.3 is 0 Å². The SMILES string of the molecule is CN(C)c1ncccc1NC(=O)C1CC1c1ccco1. The lowest BCUT2D eigenvalue weighted by Gasteiger charge is -2.16. The molecule has 2 atom stereocenters. The van der Waals surface area contributed by atoms with Gasteiger partial charge in [-0.05, 0) is 30.7 Å². The lowest BCUT2D eigenvalue weighted by Crippen LogP contribution is -2.19. The fraction of sp³-hybridized carbons (Fsp3) is 0.333. The molecule has 20 heavy (non-hydrogen) atoms. The highest BCUT2D eigenvalue weighted by Gasteiger charge is 2.45. The monoisotopic (exact) mass is 271 g/mol. The average molecular weight is 271 g/mol. The minimum atomic E-state index is -0.00336. The summed E-state index contributed by atoms with van der Waals surface area (Å²) in [6.07, 6.45) is 4.21. The van der Waals surface area contributed by atoms with Gasteiger partial charge in [0.1, 0.15) is 5.76 Å². The molecule has 0 bridgehead atoms. The van der Waals surface area contributed by atoms with Gasteiger partial charge in [0.2, 0.25) is 5.91 Å². The molecule has 2 unspecified atom stereocenters. The van der Waals surface area contributed by atoms with Crippen LogP contribution < -0.4 is 10.2 Å². The molecule has 0 spiro atoms. The summed E-state index contributed by atoms with van der Waals surface area (Å²) in [6, 6.07) is 7.46. The molecule has 3 rings (SSSR count). The predicted molar refractivity (Wildman–Crippen MR) is 76.7 cm³/mol. The first-order chi connectivity index (χ1) is 9.66. The lowest BCUT2D eigenvalue weighted by atomic mass is 10.2. The zero-order valence-electron chi connectivity index (χ0n) is 11.5. The third-order valence-corrected chi connectivity index (χ3v) is 3.50. The van der Waals surface area contributed by atoms with Gasteiger partial charge in [-0.2, -0.15) is 0 Å². The number of aromatic nitrogens is 1. The molecule has 104 valence electrons. The van der Waals surface area contributed by atoms with Gasteiger partial charge in [0.15, 0.2) is 5.82 Å². The van der Waals surface area contributed by atoms with Crippen molar-refractivity contribution in [2.75, 3.05) is 24.3 Å². The van der Waals surface area contributed by atoms with Crippen molar-refractivity contribution in [3.8, 4) is 0 Å². The van der Waals surface area contributed by atoms with Crippen LogP contribution in [0.15, 0.2) is 41.1 Å². The second kappa shape index (κ2) is 5.00. The highest BCUT2D eigenvalue weighted by Crippen LogP contribution is 2.48. The Kier molecular flexibility index (Phi) is 3.18. The van der Waals surface area contributed by atoms with Crippen LogP contribution >= 0.6 is 0 Å². The maximum Gasteiger partial charge on any atom is 0.228 e. The summed E-state index contributed by atoms with van der Waals surface area (Å²) in [5.74, 6) is 1.89. The van der Waals surface area contributed by atoms with Crippen LogP contribution in [0.4, 0.5) is 11.5 Å². The second-order valence-electron chi connectivity index (χ2n) is 5.22. The van der Waals surface area contributed by atoms with Crippen molar-refractivity contribution in [3.05, 3.63) is 42.5 Å². The number of amides is 1. The Hall–Kier alpha value is -2.30. The van der Waals surface area contributed by atoms with Crippen molar-refractivity contribution in [1.29, 1.82) is 0 Å². The van der Waals surface area contributed by atoms with Gasteiger partial charge in [-0.15, -0.1) is 0 Å². The van der Waals surface area contributed by atoms with Crippen LogP contribution in [-0.2, 0) is 4.79 Å². The van der Waals surface area contributed by atoms with E-state index in [1.807, 2.05) is 43.3 Å². The summed E-state index contributed by atoms with van der Waals surface area (Å²) in [5.41, 5.74) is 0.743. The summed E-state index contributed by atoms with van der Waals surface area (Å²) < 4.78 is 5.35. The Morgan fingerprint density at radius 1 is 1.40 bits per heavy atom. The van der Waals surface area contributed by atoms with Crippen LogP contribution in [0.3, 0.4) is 0 Å². The van der Waals surface area contributed by atoms with E-state index >= 15 is 0 Å². The molecule has 1 aliphatic rings. The number of carbonyl (C=O) groups excluding carboxylic acids is 1. The first kappa shape index (κ1) is 12.7. The van der Waals surface area contributed by atoms with E-state index in [-0.39, 0.29) is 17.7 Å². The van der Waals surface area contributed by atoms with Crippen LogP contribution in [-0.4, -0.2) is 25.0 Å². The van der Waals surface area contributed by atoms with Gasteiger partial charge in [-0.3, -0.25) is 4.79 Å². The van der Waals surface area contributed by atoms with Crippen LogP contribution in [0.25, 0.3) is 0 Å². The molecule has 5 heteroatoms. The highest BCUT2D eigenvalue weighted by atomic mass is 16.3. The van der Waals surface area contributed by atoms with Crippen LogP contribution in [0.2, 0.25) is 0 Å². The summed E-state index contributed by atoms with van der Waals surface area (Å²) in [6.45, 7) is 0. The molecule has 1 fully saturated rings. The zero-order chi connectivity index (χ0) is 14.1. The van der Waals surface area contributed by atoms with E-state index in [2.05, 4.69) is 10.3 Å². The summed E-state index contributed by atoms with van der Waals surface area (Å²) in [5, 5.41) is 2.96. The molecule has 2 aromatic rings. The van der Waals surface area contributed by atoms with Crippen LogP contribution in [0, 0.1) is 5.92 Å². The molecule has 2 aromatic heterocycles. The predicted octanol–water partition coefficient (Wildman–Crippen LogP) is 2.48. The fourth-order valence-electron chi connectivity index (χ4n) is 2.38. The van der Waals surface area contributed by atoms with Gasteiger partial charge in [0, 0.05) is 32.1 Å². The summed E-state index contributed by atoms with van der Waals surface area (Å²) in [4.78, 5) is 18.4. The number of nitrogens with one attached hydrogen (secondary N) is 1. The van der Waals surface area contributed by atoms with Crippen molar-refractivity contribution in [3.63, 3.8) is 0 Å². The fourth-order valence-corrected chi connectivity index (χ4v) is 2.38. The Balaban J connectivity index is 1.69. The van der Waals surface area contributed by atoms with Crippen molar-refractivity contribution in [1.82, 2.24) is 4.98 Å². The molecule has 1 N–H and O–H groups in total. The number of anilines is 2. The van der Waals surface area contributed by atoms with Gasteiger partial charge in [0.25, 0.3) is 0 Å². The van der Waals surface area contributed by atoms with E-state index in [1.54, 1.807) is 12.5 Å². The number of hydrogen-bond donors (Lipinski definition) is 1. The third-order valence-electron chi connectivity index (χ3n) is 3.50. The first-order valence-electron chi connectivity index (χ1n) is 6.63. The minimum Gasteiger partial charge on any atom is -0.469 e. The zero-order valence-corrected chi connectivity index (χ0v) is 11.5. The van der Waals surface area contributed by atoms with Crippen molar-refractivity contribution in [2.45, 2.75) is 12.3 Å². The molecule has 1 saturated carbocycles. The molecule has 0 saturated heterocycles. The number of furan rings is 1. The average Bonchev–Trinajstić information content (AvgIpc) is 3.05. The molecule has 0 radical (unpaired) electrons. The maximum absolute atomic E-state index is 12.3. The Morgan fingerprint density at radius 3 is 2.95 bits per heavy atom. The molecular formula is C15H17N3O2. The molecule has 1 amide bonds. The quantitative estimate of drug-likeness (QED) is 0.928. The smallest absolute Gasteiger partial charge is 0.228 e. The second-order valence-corrected chi connectivity index (χ2v) is 5.22. The number of nitrogens with zero attached hydrogens (tertiary/aromatic N) is 2. The maximum atomic E-state index is 12.3. The molecule has 2 heterocycles. The van der Waals surface area contributed by atoms with Crippen molar-refractivity contribution >= 4 is 17.4 Å². The summed E-state index contributed by atoms with van der Waals surface area (Å²) in [7, 11) is 3.81. The Labute approximate surface area is 117 Å². The van der Waals surface area contributed by atoms with E-state index in [0.29, 0.717) is 0 Å². The topological polar surface area (TPSA) is 58.4 Å². The van der Waals surface area contributed by atoms with Gasteiger partial charge in [-0.25, -0.2) is 4.98 Å². The van der Waals surface area contributed by atoms with E-state index in [9.17, 15) is 4.79 Å². The first-order valence-corrected chi connectivity index (χ1v) is 6.63. The van der Waals surface area contributed by atoms with E-state index in [4.69, 9.17) is 4.42 Å². The minimum absolute atomic E-state index is 0.00336. The Morgan fingerprint density at radius 2 is 2.25 bits per heavy atom. The van der Waals surface area contributed by atoms with Gasteiger partial charge in [0.05, 0.1) is 12.0 Å². The van der Waals surface area contributed by atoms with E-state index < -0.39 is 0 Å². The summed E-state index contributed by atoms with van der Waals surface area (Å²) >= 11 is 0. The number of carbonyl (C=O) groups is 1. The number of pyridine rings is 1. The van der Waals surface area contributed by atoms with Crippen molar-refractivity contribution in [2.24, 2.45) is 5.92 Å². The molecular weight excluding hydrogens is 254 g/mol. The van der Waals surface area contributed by atoms with Crippen LogP contribution in [0.1, 0.15) is 18.1 Å². The largest absolute Gasteiger partial charge is 0.469 e. The van der Waals surface area contributed by atoms with E-state index in [1.165, 1.54) is 0 Å². The molecule has 5 nitrogen and oxygen atoms in total. The number of rotatable bonds is 4. The van der Waals surface area contributed by atoms with E-state index in [0.717, 1.165) is 23.7 Å². The normalized spacial score (nSPS) is 20.5. The molecule has 1 aliphatic carbocycles. The standard InChI is InChI=1S/C15H17N3O2/c1-18(2)14-12(5-3-7-16-14)17-15(19)11-9-10(11)13-6-4-8-20-13/h3-8,10-11H,9H2,1-2H3,(H,17,19). The third kappa shape index (κ3) is 2.39.